The maximum atomic E-state index is 12.3. The third-order valence-corrected chi connectivity index (χ3v) is 4.90. The maximum absolute atomic E-state index is 12.3. The summed E-state index contributed by atoms with van der Waals surface area (Å²) in [5, 5.41) is 3.05. The molecule has 144 valence electrons. The Kier molecular flexibility index (Phi) is 7.11. The molecule has 2 amide bonds. The molecule has 0 spiro atoms. The van der Waals surface area contributed by atoms with E-state index >= 15 is 0 Å². The molecular formula is C19H35N3O3. The van der Waals surface area contributed by atoms with Crippen molar-refractivity contribution in [2.24, 2.45) is 5.92 Å². The number of rotatable bonds is 6. The van der Waals surface area contributed by atoms with E-state index in [4.69, 9.17) is 4.74 Å². The summed E-state index contributed by atoms with van der Waals surface area (Å²) < 4.78 is 5.49. The van der Waals surface area contributed by atoms with Gasteiger partial charge in [0.25, 0.3) is 0 Å². The number of hydrogen-bond acceptors (Lipinski definition) is 4. The van der Waals surface area contributed by atoms with E-state index in [2.05, 4.69) is 17.1 Å². The van der Waals surface area contributed by atoms with E-state index in [0.717, 1.165) is 38.9 Å². The molecule has 0 radical (unpaired) electrons. The van der Waals surface area contributed by atoms with Crippen molar-refractivity contribution in [3.05, 3.63) is 0 Å². The SMILES string of the molecule is CCN(CC(=O)NCC1CC1)[C@H]1CCCN(C(=O)OC(C)(C)C)CC1. The zero-order valence-corrected chi connectivity index (χ0v) is 16.3. The molecule has 2 aliphatic rings. The van der Waals surface area contributed by atoms with Crippen LogP contribution in [-0.2, 0) is 9.53 Å². The minimum absolute atomic E-state index is 0.127. The van der Waals surface area contributed by atoms with Gasteiger partial charge in [0.15, 0.2) is 0 Å². The highest BCUT2D eigenvalue weighted by atomic mass is 16.6. The Bertz CT molecular complexity index is 457. The topological polar surface area (TPSA) is 61.9 Å². The van der Waals surface area contributed by atoms with Gasteiger partial charge in [-0.3, -0.25) is 9.69 Å². The molecule has 6 nitrogen and oxygen atoms in total. The van der Waals surface area contributed by atoms with Gasteiger partial charge >= 0.3 is 6.09 Å². The van der Waals surface area contributed by atoms with Crippen molar-refractivity contribution in [3.63, 3.8) is 0 Å². The summed E-state index contributed by atoms with van der Waals surface area (Å²) in [5.41, 5.74) is -0.460. The lowest BCUT2D eigenvalue weighted by Crippen LogP contribution is -2.44. The Morgan fingerprint density at radius 1 is 1.16 bits per heavy atom. The number of nitrogens with zero attached hydrogens (tertiary/aromatic N) is 2. The summed E-state index contributed by atoms with van der Waals surface area (Å²) in [4.78, 5) is 28.5. The Morgan fingerprint density at radius 3 is 2.48 bits per heavy atom. The predicted octanol–water partition coefficient (Wildman–Crippen LogP) is 2.62. The first-order valence-electron chi connectivity index (χ1n) is 9.77. The fraction of sp³-hybridized carbons (Fsp3) is 0.895. The summed E-state index contributed by atoms with van der Waals surface area (Å²) in [6, 6.07) is 0.351. The molecule has 0 aromatic heterocycles. The van der Waals surface area contributed by atoms with Crippen LogP contribution >= 0.6 is 0 Å². The smallest absolute Gasteiger partial charge is 0.410 e. The van der Waals surface area contributed by atoms with Crippen LogP contribution in [0.3, 0.4) is 0 Å². The monoisotopic (exact) mass is 353 g/mol. The van der Waals surface area contributed by atoms with Gasteiger partial charge in [-0.2, -0.15) is 0 Å². The average molecular weight is 354 g/mol. The third-order valence-electron chi connectivity index (χ3n) is 4.90. The van der Waals surface area contributed by atoms with Crippen LogP contribution < -0.4 is 5.32 Å². The molecule has 0 aromatic carbocycles. The second-order valence-electron chi connectivity index (χ2n) is 8.36. The summed E-state index contributed by atoms with van der Waals surface area (Å²) in [6.07, 6.45) is 5.14. The molecule has 1 heterocycles. The number of nitrogens with one attached hydrogen (secondary N) is 1. The summed E-state index contributed by atoms with van der Waals surface area (Å²) in [5.74, 6) is 0.835. The van der Waals surface area contributed by atoms with Crippen molar-refractivity contribution >= 4 is 12.0 Å². The van der Waals surface area contributed by atoms with E-state index < -0.39 is 5.60 Å². The number of amides is 2. The van der Waals surface area contributed by atoms with Gasteiger partial charge in [-0.1, -0.05) is 6.92 Å². The molecule has 2 rings (SSSR count). The fourth-order valence-corrected chi connectivity index (χ4v) is 3.27. The van der Waals surface area contributed by atoms with Gasteiger partial charge in [0.2, 0.25) is 5.91 Å². The maximum Gasteiger partial charge on any atom is 0.410 e. The highest BCUT2D eigenvalue weighted by Crippen LogP contribution is 2.27. The van der Waals surface area contributed by atoms with Gasteiger partial charge in [-0.25, -0.2) is 4.79 Å². The van der Waals surface area contributed by atoms with Crippen molar-refractivity contribution in [2.75, 3.05) is 32.7 Å². The molecule has 1 N–H and O–H groups in total. The molecule has 0 unspecified atom stereocenters. The molecule has 1 aliphatic carbocycles. The van der Waals surface area contributed by atoms with E-state index in [9.17, 15) is 9.59 Å². The third kappa shape index (κ3) is 7.22. The minimum atomic E-state index is -0.460. The highest BCUT2D eigenvalue weighted by molar-refractivity contribution is 5.78. The Morgan fingerprint density at radius 2 is 1.88 bits per heavy atom. The lowest BCUT2D eigenvalue weighted by atomic mass is 10.1. The molecular weight excluding hydrogens is 318 g/mol. The Balaban J connectivity index is 1.80. The van der Waals surface area contributed by atoms with Crippen molar-refractivity contribution < 1.29 is 14.3 Å². The number of likely N-dealkylation sites (N-methyl/N-ethyl adjacent to an activating group) is 1. The van der Waals surface area contributed by atoms with Gasteiger partial charge in [-0.05, 0) is 65.3 Å². The summed E-state index contributed by atoms with van der Waals surface area (Å²) >= 11 is 0. The van der Waals surface area contributed by atoms with Gasteiger partial charge in [-0.15, -0.1) is 0 Å². The number of likely N-dealkylation sites (tertiary alicyclic amines) is 1. The van der Waals surface area contributed by atoms with Crippen molar-refractivity contribution in [3.8, 4) is 0 Å². The normalized spacial score (nSPS) is 21.8. The largest absolute Gasteiger partial charge is 0.444 e. The number of carbonyl (C=O) groups is 2. The second-order valence-corrected chi connectivity index (χ2v) is 8.36. The van der Waals surface area contributed by atoms with Gasteiger partial charge in [0.1, 0.15) is 5.60 Å². The zero-order valence-electron chi connectivity index (χ0n) is 16.3. The Hall–Kier alpha value is -1.30. The Labute approximate surface area is 152 Å². The average Bonchev–Trinajstić information content (AvgIpc) is 3.35. The first-order valence-corrected chi connectivity index (χ1v) is 9.77. The van der Waals surface area contributed by atoms with Crippen molar-refractivity contribution in [1.82, 2.24) is 15.1 Å². The summed E-state index contributed by atoms with van der Waals surface area (Å²) in [6.45, 7) is 11.4. The van der Waals surface area contributed by atoms with E-state index in [1.54, 1.807) is 0 Å². The van der Waals surface area contributed by atoms with Crippen LogP contribution in [0.4, 0.5) is 4.79 Å². The minimum Gasteiger partial charge on any atom is -0.444 e. The molecule has 0 bridgehead atoms. The summed E-state index contributed by atoms with van der Waals surface area (Å²) in [7, 11) is 0. The molecule has 1 saturated carbocycles. The first kappa shape index (κ1) is 20.0. The van der Waals surface area contributed by atoms with Gasteiger partial charge in [0.05, 0.1) is 6.54 Å². The number of carbonyl (C=O) groups excluding carboxylic acids is 2. The second kappa shape index (κ2) is 8.88. The molecule has 25 heavy (non-hydrogen) atoms. The van der Waals surface area contributed by atoms with Crippen LogP contribution in [0, 0.1) is 5.92 Å². The molecule has 2 fully saturated rings. The molecule has 1 saturated heterocycles. The predicted molar refractivity (Wildman–Crippen MR) is 98.4 cm³/mol. The molecule has 6 heteroatoms. The van der Waals surface area contributed by atoms with Crippen molar-refractivity contribution in [2.45, 2.75) is 71.4 Å². The van der Waals surface area contributed by atoms with E-state index in [0.29, 0.717) is 25.0 Å². The van der Waals surface area contributed by atoms with Crippen LogP contribution in [0.2, 0.25) is 0 Å². The van der Waals surface area contributed by atoms with Crippen LogP contribution in [0.1, 0.15) is 59.8 Å². The zero-order chi connectivity index (χ0) is 18.4. The van der Waals surface area contributed by atoms with Crippen LogP contribution in [-0.4, -0.2) is 66.2 Å². The van der Waals surface area contributed by atoms with Crippen LogP contribution in [0.15, 0.2) is 0 Å². The highest BCUT2D eigenvalue weighted by Gasteiger charge is 2.28. The molecule has 1 atom stereocenters. The van der Waals surface area contributed by atoms with Gasteiger partial charge in [0, 0.05) is 25.7 Å². The first-order chi connectivity index (χ1) is 11.8. The van der Waals surface area contributed by atoms with Crippen LogP contribution in [0.5, 0.6) is 0 Å². The van der Waals surface area contributed by atoms with Gasteiger partial charge < -0.3 is 15.0 Å². The lowest BCUT2D eigenvalue weighted by molar-refractivity contribution is -0.122. The quantitative estimate of drug-likeness (QED) is 0.797. The fourth-order valence-electron chi connectivity index (χ4n) is 3.27. The van der Waals surface area contributed by atoms with Crippen LogP contribution in [0.25, 0.3) is 0 Å². The molecule has 1 aliphatic heterocycles. The van der Waals surface area contributed by atoms with E-state index in [-0.39, 0.29) is 12.0 Å². The van der Waals surface area contributed by atoms with Crippen molar-refractivity contribution in [1.29, 1.82) is 0 Å². The number of hydrogen-bond donors (Lipinski definition) is 1. The van der Waals surface area contributed by atoms with E-state index in [1.807, 2.05) is 25.7 Å². The standard InChI is InChI=1S/C19H35N3O3/c1-5-21(14-17(23)20-13-15-8-9-15)16-7-6-11-22(12-10-16)18(24)25-19(2,3)4/h15-16H,5-14H2,1-4H3,(H,20,23)/t16-/m0/s1. The molecule has 0 aromatic rings. The lowest BCUT2D eigenvalue weighted by Gasteiger charge is -2.30. The number of ether oxygens (including phenoxy) is 1. The van der Waals surface area contributed by atoms with E-state index in [1.165, 1.54) is 12.8 Å².